The molecule has 1 aromatic heterocycles. The third kappa shape index (κ3) is 1.27. The van der Waals surface area contributed by atoms with Crippen LogP contribution in [0.2, 0.25) is 0 Å². The zero-order valence-corrected chi connectivity index (χ0v) is 10.2. The van der Waals surface area contributed by atoms with Crippen molar-refractivity contribution in [1.29, 1.82) is 0 Å². The highest BCUT2D eigenvalue weighted by atomic mass is 16.4. The molecule has 1 N–H and O–H groups in total. The molecule has 3 heteroatoms. The van der Waals surface area contributed by atoms with Crippen LogP contribution in [0.5, 0.6) is 0 Å². The van der Waals surface area contributed by atoms with E-state index in [0.29, 0.717) is 11.0 Å². The van der Waals surface area contributed by atoms with Gasteiger partial charge in [0.2, 0.25) is 0 Å². The third-order valence-electron chi connectivity index (χ3n) is 3.47. The van der Waals surface area contributed by atoms with Crippen LogP contribution in [0.15, 0.2) is 34.9 Å². The molecular weight excluding hydrogens is 228 g/mol. The Morgan fingerprint density at radius 3 is 2.33 bits per heavy atom. The van der Waals surface area contributed by atoms with Gasteiger partial charge in [-0.2, -0.15) is 0 Å². The van der Waals surface area contributed by atoms with E-state index < -0.39 is 5.97 Å². The van der Waals surface area contributed by atoms with Crippen LogP contribution in [0.1, 0.15) is 21.5 Å². The fraction of sp³-hybridized carbons (Fsp3) is 0.133. The molecule has 90 valence electrons. The van der Waals surface area contributed by atoms with Gasteiger partial charge in [-0.15, -0.1) is 0 Å². The highest BCUT2D eigenvalue weighted by molar-refractivity contribution is 6.11. The standard InChI is InChI=1S/C15H12O3/c1-8-10-5-3-4-6-11(10)9(2)14-13(8)12(7-18-14)15(16)17/h3-7H,1-2H3,(H,16,17). The lowest BCUT2D eigenvalue weighted by atomic mass is 9.96. The van der Waals surface area contributed by atoms with Crippen molar-refractivity contribution in [3.8, 4) is 0 Å². The van der Waals surface area contributed by atoms with Crippen LogP contribution in [0.25, 0.3) is 21.7 Å². The van der Waals surface area contributed by atoms with Gasteiger partial charge in [-0.1, -0.05) is 24.3 Å². The SMILES string of the molecule is Cc1c2ccccc2c(C)c2c(C(=O)O)coc12. The van der Waals surface area contributed by atoms with Crippen LogP contribution in [0, 0.1) is 13.8 Å². The number of aryl methyl sites for hydroxylation is 2. The van der Waals surface area contributed by atoms with Crippen LogP contribution >= 0.6 is 0 Å². The number of carboxylic acids is 1. The van der Waals surface area contributed by atoms with E-state index in [1.54, 1.807) is 0 Å². The number of hydrogen-bond donors (Lipinski definition) is 1. The third-order valence-corrected chi connectivity index (χ3v) is 3.47. The summed E-state index contributed by atoms with van der Waals surface area (Å²) >= 11 is 0. The van der Waals surface area contributed by atoms with Crippen molar-refractivity contribution in [2.24, 2.45) is 0 Å². The van der Waals surface area contributed by atoms with Crippen molar-refractivity contribution in [2.45, 2.75) is 13.8 Å². The first-order valence-electron chi connectivity index (χ1n) is 5.73. The van der Waals surface area contributed by atoms with Gasteiger partial charge in [0.05, 0.1) is 0 Å². The van der Waals surface area contributed by atoms with E-state index in [2.05, 4.69) is 0 Å². The van der Waals surface area contributed by atoms with E-state index in [9.17, 15) is 9.90 Å². The quantitative estimate of drug-likeness (QED) is 0.701. The molecule has 0 aliphatic rings. The number of benzene rings is 2. The van der Waals surface area contributed by atoms with Gasteiger partial charge in [0, 0.05) is 10.9 Å². The molecule has 0 spiro atoms. The van der Waals surface area contributed by atoms with Crippen molar-refractivity contribution in [3.63, 3.8) is 0 Å². The molecule has 0 unspecified atom stereocenters. The molecule has 0 radical (unpaired) electrons. The van der Waals surface area contributed by atoms with Gasteiger partial charge in [-0.3, -0.25) is 0 Å². The molecule has 0 aliphatic heterocycles. The first-order valence-corrected chi connectivity index (χ1v) is 5.73. The molecule has 3 rings (SSSR count). The molecule has 0 bridgehead atoms. The molecule has 3 aromatic rings. The summed E-state index contributed by atoms with van der Waals surface area (Å²) < 4.78 is 5.45. The van der Waals surface area contributed by atoms with E-state index in [4.69, 9.17) is 4.42 Å². The molecule has 0 fully saturated rings. The van der Waals surface area contributed by atoms with Gasteiger partial charge in [0.15, 0.2) is 0 Å². The molecule has 0 aliphatic carbocycles. The van der Waals surface area contributed by atoms with Crippen LogP contribution < -0.4 is 0 Å². The van der Waals surface area contributed by atoms with Gasteiger partial charge in [0.1, 0.15) is 17.4 Å². The van der Waals surface area contributed by atoms with Gasteiger partial charge in [-0.05, 0) is 30.2 Å². The smallest absolute Gasteiger partial charge is 0.339 e. The monoisotopic (exact) mass is 240 g/mol. The van der Waals surface area contributed by atoms with Gasteiger partial charge < -0.3 is 9.52 Å². The summed E-state index contributed by atoms with van der Waals surface area (Å²) in [5.74, 6) is -0.952. The highest BCUT2D eigenvalue weighted by Gasteiger charge is 2.18. The van der Waals surface area contributed by atoms with E-state index in [-0.39, 0.29) is 5.56 Å². The largest absolute Gasteiger partial charge is 0.478 e. The van der Waals surface area contributed by atoms with Crippen molar-refractivity contribution < 1.29 is 14.3 Å². The number of rotatable bonds is 1. The van der Waals surface area contributed by atoms with Crippen LogP contribution in [-0.2, 0) is 0 Å². The zero-order valence-electron chi connectivity index (χ0n) is 10.2. The molecule has 0 amide bonds. The Hall–Kier alpha value is -2.29. The lowest BCUT2D eigenvalue weighted by Crippen LogP contribution is -1.96. The minimum absolute atomic E-state index is 0.233. The van der Waals surface area contributed by atoms with Crippen molar-refractivity contribution in [1.82, 2.24) is 0 Å². The van der Waals surface area contributed by atoms with E-state index in [1.165, 1.54) is 6.26 Å². The second-order valence-corrected chi connectivity index (χ2v) is 4.45. The molecule has 18 heavy (non-hydrogen) atoms. The van der Waals surface area contributed by atoms with Crippen LogP contribution in [0.4, 0.5) is 0 Å². The maximum Gasteiger partial charge on any atom is 0.339 e. The van der Waals surface area contributed by atoms with E-state index in [1.807, 2.05) is 38.1 Å². The summed E-state index contributed by atoms with van der Waals surface area (Å²) in [6.07, 6.45) is 1.33. The Morgan fingerprint density at radius 2 is 1.72 bits per heavy atom. The summed E-state index contributed by atoms with van der Waals surface area (Å²) in [5, 5.41) is 12.1. The molecule has 0 atom stereocenters. The molecule has 0 saturated heterocycles. The fourth-order valence-corrected chi connectivity index (χ4v) is 2.56. The van der Waals surface area contributed by atoms with E-state index >= 15 is 0 Å². The predicted molar refractivity (Wildman–Crippen MR) is 70.2 cm³/mol. The number of hydrogen-bond acceptors (Lipinski definition) is 2. The van der Waals surface area contributed by atoms with Crippen LogP contribution in [-0.4, -0.2) is 11.1 Å². The first-order chi connectivity index (χ1) is 8.61. The minimum Gasteiger partial charge on any atom is -0.478 e. The highest BCUT2D eigenvalue weighted by Crippen LogP contribution is 2.34. The molecule has 0 saturated carbocycles. The molecular formula is C15H12O3. The second-order valence-electron chi connectivity index (χ2n) is 4.45. The predicted octanol–water partition coefficient (Wildman–Crippen LogP) is 3.90. The summed E-state index contributed by atoms with van der Waals surface area (Å²) in [7, 11) is 0. The number of furan rings is 1. The van der Waals surface area contributed by atoms with Gasteiger partial charge in [0.25, 0.3) is 0 Å². The maximum atomic E-state index is 11.2. The Morgan fingerprint density at radius 1 is 1.11 bits per heavy atom. The number of aromatic carboxylic acids is 1. The van der Waals surface area contributed by atoms with Crippen molar-refractivity contribution in [2.75, 3.05) is 0 Å². The Labute approximate surface area is 104 Å². The summed E-state index contributed by atoms with van der Waals surface area (Å²) in [4.78, 5) is 11.2. The minimum atomic E-state index is -0.952. The first kappa shape index (κ1) is 10.8. The Bertz CT molecular complexity index is 781. The molecule has 1 heterocycles. The van der Waals surface area contributed by atoms with Crippen LogP contribution in [0.3, 0.4) is 0 Å². The number of carboxylic acid groups (broad SMARTS) is 1. The molecule has 2 aromatic carbocycles. The average Bonchev–Trinajstić information content (AvgIpc) is 2.81. The maximum absolute atomic E-state index is 11.2. The fourth-order valence-electron chi connectivity index (χ4n) is 2.56. The van der Waals surface area contributed by atoms with Crippen molar-refractivity contribution >= 4 is 27.7 Å². The van der Waals surface area contributed by atoms with Gasteiger partial charge in [-0.25, -0.2) is 4.79 Å². The lowest BCUT2D eigenvalue weighted by molar-refractivity contribution is 0.0698. The zero-order chi connectivity index (χ0) is 12.9. The normalized spacial score (nSPS) is 11.2. The average molecular weight is 240 g/mol. The van der Waals surface area contributed by atoms with E-state index in [0.717, 1.165) is 21.9 Å². The summed E-state index contributed by atoms with van der Waals surface area (Å²) in [5.41, 5.74) is 2.84. The Kier molecular flexibility index (Phi) is 2.17. The lowest BCUT2D eigenvalue weighted by Gasteiger charge is -2.07. The van der Waals surface area contributed by atoms with Gasteiger partial charge >= 0.3 is 5.97 Å². The molecule has 3 nitrogen and oxygen atoms in total. The number of fused-ring (bicyclic) bond motifs is 2. The Balaban J connectivity index is 2.61. The second kappa shape index (κ2) is 3.60. The topological polar surface area (TPSA) is 50.4 Å². The summed E-state index contributed by atoms with van der Waals surface area (Å²) in [6.45, 7) is 3.89. The summed E-state index contributed by atoms with van der Waals surface area (Å²) in [6, 6.07) is 7.97. The van der Waals surface area contributed by atoms with Crippen molar-refractivity contribution in [3.05, 3.63) is 47.2 Å². The number of carbonyl (C=O) groups is 1.